The molecule has 2 aromatic rings. The minimum atomic E-state index is -4.41. The second-order valence-corrected chi connectivity index (χ2v) is 5.19. The Morgan fingerprint density at radius 1 is 1.24 bits per heavy atom. The lowest BCUT2D eigenvalue weighted by Crippen LogP contribution is -2.09. The summed E-state index contributed by atoms with van der Waals surface area (Å²) >= 11 is 3.30. The van der Waals surface area contributed by atoms with Gasteiger partial charge in [-0.2, -0.15) is 13.2 Å². The van der Waals surface area contributed by atoms with Gasteiger partial charge in [-0.1, -0.05) is 33.2 Å². The molecule has 1 heterocycles. The Morgan fingerprint density at radius 2 is 2.00 bits per heavy atom. The summed E-state index contributed by atoms with van der Waals surface area (Å²) in [6.07, 6.45) is -3.51. The Kier molecular flexibility index (Phi) is 4.62. The largest absolute Gasteiger partial charge is 0.417 e. The molecule has 0 bridgehead atoms. The molecule has 0 atom stereocenters. The van der Waals surface area contributed by atoms with E-state index < -0.39 is 11.7 Å². The molecule has 3 nitrogen and oxygen atoms in total. The van der Waals surface area contributed by atoms with Crippen molar-refractivity contribution in [2.75, 3.05) is 0 Å². The molecule has 1 N–H and O–H groups in total. The Morgan fingerprint density at radius 3 is 2.52 bits per heavy atom. The Balaban J connectivity index is 2.20. The fraction of sp³-hybridized carbons (Fsp3) is 0.143. The number of benzene rings is 1. The quantitative estimate of drug-likeness (QED) is 0.505. The van der Waals surface area contributed by atoms with E-state index in [2.05, 4.69) is 26.1 Å². The van der Waals surface area contributed by atoms with Crippen molar-refractivity contribution in [3.63, 3.8) is 0 Å². The van der Waals surface area contributed by atoms with Gasteiger partial charge in [-0.3, -0.25) is 4.98 Å². The number of halogens is 4. The Hall–Kier alpha value is -1.89. The number of aromatic nitrogens is 1. The van der Waals surface area contributed by atoms with Gasteiger partial charge in [-0.15, -0.1) is 0 Å². The maximum Gasteiger partial charge on any atom is 0.417 e. The van der Waals surface area contributed by atoms with E-state index in [1.54, 1.807) is 18.2 Å². The van der Waals surface area contributed by atoms with Crippen LogP contribution in [0.1, 0.15) is 16.8 Å². The van der Waals surface area contributed by atoms with E-state index in [0.29, 0.717) is 17.0 Å². The molecule has 1 aromatic carbocycles. The normalized spacial score (nSPS) is 12.5. The predicted octanol–water partition coefficient (Wildman–Crippen LogP) is 4.28. The van der Waals surface area contributed by atoms with Crippen LogP contribution in [0, 0.1) is 0 Å². The molecular formula is C14H10BrF3N2O. The zero-order chi connectivity index (χ0) is 15.5. The predicted molar refractivity (Wildman–Crippen MR) is 75.4 cm³/mol. The standard InChI is InChI=1S/C14H10BrF3N2O/c15-11-3-1-2-9(6-11)13(20-21)7-12-5-4-10(8-19-12)14(16,17)18/h1-6,8,21H,7H2. The first-order valence-corrected chi connectivity index (χ1v) is 6.68. The zero-order valence-corrected chi connectivity index (χ0v) is 12.2. The zero-order valence-electron chi connectivity index (χ0n) is 10.6. The number of oxime groups is 1. The first-order chi connectivity index (χ1) is 9.90. The second-order valence-electron chi connectivity index (χ2n) is 4.27. The number of hydrogen-bond acceptors (Lipinski definition) is 3. The second kappa shape index (κ2) is 6.26. The fourth-order valence-electron chi connectivity index (χ4n) is 1.73. The molecule has 110 valence electrons. The van der Waals surface area contributed by atoms with Gasteiger partial charge in [-0.25, -0.2) is 0 Å². The summed E-state index contributed by atoms with van der Waals surface area (Å²) in [6.45, 7) is 0. The van der Waals surface area contributed by atoms with Crippen molar-refractivity contribution >= 4 is 21.6 Å². The van der Waals surface area contributed by atoms with Gasteiger partial charge in [0.15, 0.2) is 0 Å². The highest BCUT2D eigenvalue weighted by Crippen LogP contribution is 2.28. The number of rotatable bonds is 3. The molecule has 0 saturated carbocycles. The van der Waals surface area contributed by atoms with Gasteiger partial charge in [-0.05, 0) is 24.3 Å². The van der Waals surface area contributed by atoms with E-state index in [-0.39, 0.29) is 6.42 Å². The first-order valence-electron chi connectivity index (χ1n) is 5.89. The molecule has 0 aliphatic heterocycles. The van der Waals surface area contributed by atoms with Crippen molar-refractivity contribution in [3.05, 3.63) is 63.9 Å². The molecule has 0 fully saturated rings. The number of nitrogens with zero attached hydrogens (tertiary/aromatic N) is 2. The highest BCUT2D eigenvalue weighted by atomic mass is 79.9. The van der Waals surface area contributed by atoms with Gasteiger partial charge in [0, 0.05) is 28.3 Å². The van der Waals surface area contributed by atoms with Crippen LogP contribution in [-0.2, 0) is 12.6 Å². The molecular weight excluding hydrogens is 349 g/mol. The summed E-state index contributed by atoms with van der Waals surface area (Å²) in [5.41, 5.74) is 0.559. The third-order valence-electron chi connectivity index (χ3n) is 2.78. The molecule has 0 aliphatic rings. The highest BCUT2D eigenvalue weighted by molar-refractivity contribution is 9.10. The monoisotopic (exact) mass is 358 g/mol. The summed E-state index contributed by atoms with van der Waals surface area (Å²) in [4.78, 5) is 3.76. The van der Waals surface area contributed by atoms with Gasteiger partial charge in [0.2, 0.25) is 0 Å². The number of pyridine rings is 1. The van der Waals surface area contributed by atoms with Gasteiger partial charge >= 0.3 is 6.18 Å². The van der Waals surface area contributed by atoms with Crippen LogP contribution in [0.25, 0.3) is 0 Å². The summed E-state index contributed by atoms with van der Waals surface area (Å²) in [5.74, 6) is 0. The van der Waals surface area contributed by atoms with Crippen LogP contribution in [0.5, 0.6) is 0 Å². The van der Waals surface area contributed by atoms with E-state index in [4.69, 9.17) is 5.21 Å². The minimum absolute atomic E-state index is 0.130. The summed E-state index contributed by atoms with van der Waals surface area (Å²) in [7, 11) is 0. The van der Waals surface area contributed by atoms with Crippen LogP contribution < -0.4 is 0 Å². The fourth-order valence-corrected chi connectivity index (χ4v) is 2.13. The van der Waals surface area contributed by atoms with Crippen molar-refractivity contribution in [1.29, 1.82) is 0 Å². The molecule has 0 aliphatic carbocycles. The molecule has 7 heteroatoms. The van der Waals surface area contributed by atoms with Gasteiger partial charge in [0.1, 0.15) is 0 Å². The van der Waals surface area contributed by atoms with Crippen molar-refractivity contribution in [1.82, 2.24) is 4.98 Å². The maximum absolute atomic E-state index is 12.4. The SMILES string of the molecule is ON=C(Cc1ccc(C(F)(F)F)cn1)c1cccc(Br)c1. The molecule has 0 saturated heterocycles. The summed E-state index contributed by atoms with van der Waals surface area (Å²) < 4.78 is 38.2. The summed E-state index contributed by atoms with van der Waals surface area (Å²) in [5, 5.41) is 12.3. The van der Waals surface area contributed by atoms with Crippen LogP contribution in [0.4, 0.5) is 13.2 Å². The van der Waals surface area contributed by atoms with Crippen molar-refractivity contribution in [3.8, 4) is 0 Å². The van der Waals surface area contributed by atoms with E-state index in [9.17, 15) is 13.2 Å². The van der Waals surface area contributed by atoms with Crippen LogP contribution in [0.3, 0.4) is 0 Å². The van der Waals surface area contributed by atoms with Crippen molar-refractivity contribution < 1.29 is 18.4 Å². The van der Waals surface area contributed by atoms with E-state index >= 15 is 0 Å². The molecule has 0 amide bonds. The van der Waals surface area contributed by atoms with E-state index in [1.165, 1.54) is 6.07 Å². The smallest absolute Gasteiger partial charge is 0.411 e. The number of alkyl halides is 3. The molecule has 0 spiro atoms. The third-order valence-corrected chi connectivity index (χ3v) is 3.27. The van der Waals surface area contributed by atoms with E-state index in [0.717, 1.165) is 16.7 Å². The lowest BCUT2D eigenvalue weighted by Gasteiger charge is -2.08. The highest BCUT2D eigenvalue weighted by Gasteiger charge is 2.30. The van der Waals surface area contributed by atoms with Gasteiger partial charge in [0.05, 0.1) is 11.3 Å². The Labute approximate surface area is 127 Å². The van der Waals surface area contributed by atoms with Crippen LogP contribution in [0.2, 0.25) is 0 Å². The van der Waals surface area contributed by atoms with Crippen LogP contribution in [0.15, 0.2) is 52.2 Å². The van der Waals surface area contributed by atoms with E-state index in [1.807, 2.05) is 6.07 Å². The topological polar surface area (TPSA) is 45.5 Å². The molecule has 1 aromatic heterocycles. The Bertz CT molecular complexity index is 654. The lowest BCUT2D eigenvalue weighted by molar-refractivity contribution is -0.137. The molecule has 0 unspecified atom stereocenters. The van der Waals surface area contributed by atoms with Gasteiger partial charge < -0.3 is 5.21 Å². The van der Waals surface area contributed by atoms with Crippen molar-refractivity contribution in [2.24, 2.45) is 5.16 Å². The average Bonchev–Trinajstić information content (AvgIpc) is 2.44. The van der Waals surface area contributed by atoms with Crippen LogP contribution >= 0.6 is 15.9 Å². The lowest BCUT2D eigenvalue weighted by atomic mass is 10.1. The first kappa shape index (κ1) is 15.5. The molecule has 21 heavy (non-hydrogen) atoms. The third kappa shape index (κ3) is 4.04. The van der Waals surface area contributed by atoms with Crippen molar-refractivity contribution in [2.45, 2.75) is 12.6 Å². The van der Waals surface area contributed by atoms with Crippen LogP contribution in [-0.4, -0.2) is 15.9 Å². The average molecular weight is 359 g/mol. The summed E-state index contributed by atoms with van der Waals surface area (Å²) in [6, 6.07) is 9.30. The minimum Gasteiger partial charge on any atom is -0.411 e. The maximum atomic E-state index is 12.4. The van der Waals surface area contributed by atoms with Gasteiger partial charge in [0.25, 0.3) is 0 Å². The molecule has 0 radical (unpaired) electrons. The molecule has 2 rings (SSSR count). The number of hydrogen-bond donors (Lipinski definition) is 1.